The number of ether oxygens (including phenoxy) is 1. The molecule has 1 aromatic carbocycles. The van der Waals surface area contributed by atoms with Crippen molar-refractivity contribution in [2.45, 2.75) is 46.1 Å². The fourth-order valence-electron chi connectivity index (χ4n) is 2.44. The van der Waals surface area contributed by atoms with Crippen molar-refractivity contribution in [2.75, 3.05) is 13.1 Å². The molecule has 0 N–H and O–H groups in total. The Hall–Kier alpha value is -2.25. The minimum Gasteiger partial charge on any atom is -0.444 e. The summed E-state index contributed by atoms with van der Waals surface area (Å²) in [5.74, 6) is 6.07. The summed E-state index contributed by atoms with van der Waals surface area (Å²) in [6, 6.07) is 7.41. The number of likely N-dealkylation sites (tertiary alicyclic amines) is 1. The van der Waals surface area contributed by atoms with Crippen LogP contribution in [0.2, 0.25) is 5.02 Å². The summed E-state index contributed by atoms with van der Waals surface area (Å²) in [4.78, 5) is 18.3. The second-order valence-electron chi connectivity index (χ2n) is 7.27. The van der Waals surface area contributed by atoms with E-state index < -0.39 is 5.60 Å². The lowest BCUT2D eigenvalue weighted by Crippen LogP contribution is -2.40. The molecule has 1 fully saturated rings. The monoisotopic (exact) mass is 372 g/mol. The molecule has 138 valence electrons. The Morgan fingerprint density at radius 1 is 1.38 bits per heavy atom. The second-order valence-corrected chi connectivity index (χ2v) is 7.70. The van der Waals surface area contributed by atoms with Crippen LogP contribution in [0.15, 0.2) is 41.0 Å². The summed E-state index contributed by atoms with van der Waals surface area (Å²) < 4.78 is 5.44. The number of halogens is 1. The maximum absolute atomic E-state index is 12.2. The minimum absolute atomic E-state index is 0.274. The Labute approximate surface area is 160 Å². The van der Waals surface area contributed by atoms with Crippen LogP contribution in [0, 0.1) is 11.8 Å². The van der Waals surface area contributed by atoms with E-state index in [0.29, 0.717) is 23.8 Å². The third-order valence-electron chi connectivity index (χ3n) is 3.62. The van der Waals surface area contributed by atoms with Crippen LogP contribution in [0.1, 0.15) is 46.1 Å². The normalized spacial score (nSPS) is 16.9. The topological polar surface area (TPSA) is 41.9 Å². The van der Waals surface area contributed by atoms with Gasteiger partial charge in [-0.25, -0.2) is 4.79 Å². The fourth-order valence-corrected chi connectivity index (χ4v) is 2.63. The van der Waals surface area contributed by atoms with Crippen molar-refractivity contribution in [1.29, 1.82) is 0 Å². The molecule has 1 aliphatic rings. The fraction of sp³-hybridized carbons (Fsp3) is 0.429. The zero-order chi connectivity index (χ0) is 19.2. The van der Waals surface area contributed by atoms with Crippen LogP contribution in [0.4, 0.5) is 4.79 Å². The Balaban J connectivity index is 2.00. The predicted molar refractivity (Wildman–Crippen MR) is 107 cm³/mol. The molecule has 1 heterocycles. The molecule has 0 unspecified atom stereocenters. The highest BCUT2D eigenvalue weighted by Gasteiger charge is 2.24. The van der Waals surface area contributed by atoms with Gasteiger partial charge < -0.3 is 9.64 Å². The number of benzene rings is 1. The molecule has 0 aliphatic carbocycles. The molecule has 0 atom stereocenters. The van der Waals surface area contributed by atoms with Crippen molar-refractivity contribution in [3.63, 3.8) is 0 Å². The number of amides is 1. The van der Waals surface area contributed by atoms with Crippen LogP contribution in [0.3, 0.4) is 0 Å². The first kappa shape index (κ1) is 20.1. The van der Waals surface area contributed by atoms with Gasteiger partial charge in [0.25, 0.3) is 0 Å². The molecule has 1 amide bonds. The van der Waals surface area contributed by atoms with E-state index in [2.05, 4.69) is 16.8 Å². The molecule has 0 saturated carbocycles. The van der Waals surface area contributed by atoms with Crippen LogP contribution in [0.25, 0.3) is 0 Å². The third kappa shape index (κ3) is 6.93. The van der Waals surface area contributed by atoms with Gasteiger partial charge in [0.2, 0.25) is 0 Å². The maximum Gasteiger partial charge on any atom is 0.410 e. The molecule has 1 saturated heterocycles. The number of hydrogen-bond donors (Lipinski definition) is 0. The summed E-state index contributed by atoms with van der Waals surface area (Å²) in [6.45, 7) is 8.74. The lowest BCUT2D eigenvalue weighted by atomic mass is 10.1. The van der Waals surface area contributed by atoms with Gasteiger partial charge >= 0.3 is 6.09 Å². The predicted octanol–water partition coefficient (Wildman–Crippen LogP) is 5.07. The SMILES string of the molecule is CC(C#Cc1cccc(Cl)c1)=N/C=C1\CCCN(C(=O)OC(C)(C)C)C1. The highest BCUT2D eigenvalue weighted by Crippen LogP contribution is 2.18. The van der Waals surface area contributed by atoms with E-state index in [1.807, 2.05) is 58.2 Å². The quantitative estimate of drug-likeness (QED) is 0.510. The average Bonchev–Trinajstić information content (AvgIpc) is 2.57. The Bertz CT molecular complexity index is 779. The number of rotatable bonds is 1. The molecule has 2 rings (SSSR count). The molecule has 5 heteroatoms. The van der Waals surface area contributed by atoms with Crippen LogP contribution in [0.5, 0.6) is 0 Å². The largest absolute Gasteiger partial charge is 0.444 e. The smallest absolute Gasteiger partial charge is 0.410 e. The average molecular weight is 373 g/mol. The van der Waals surface area contributed by atoms with Crippen molar-refractivity contribution in [3.8, 4) is 11.8 Å². The standard InChI is InChI=1S/C21H25ClN2O2/c1-16(10-11-17-7-5-9-19(22)13-17)23-14-18-8-6-12-24(15-18)20(25)26-21(2,3)4/h5,7,9,13-14H,6,8,12,15H2,1-4H3/b18-14+,23-16?. The number of carbonyl (C=O) groups excluding carboxylic acids is 1. The minimum atomic E-state index is -0.483. The van der Waals surface area contributed by atoms with Crippen LogP contribution >= 0.6 is 11.6 Å². The summed E-state index contributed by atoms with van der Waals surface area (Å²) in [5.41, 5.74) is 2.19. The maximum atomic E-state index is 12.2. The molecule has 4 nitrogen and oxygen atoms in total. The van der Waals surface area contributed by atoms with Gasteiger partial charge in [0.1, 0.15) is 5.60 Å². The van der Waals surface area contributed by atoms with Crippen LogP contribution < -0.4 is 0 Å². The first-order valence-corrected chi connectivity index (χ1v) is 9.08. The number of aliphatic imine (C=N–C) groups is 1. The van der Waals surface area contributed by atoms with E-state index in [0.717, 1.165) is 24.0 Å². The Morgan fingerprint density at radius 2 is 2.15 bits per heavy atom. The Morgan fingerprint density at radius 3 is 2.85 bits per heavy atom. The number of piperidine rings is 1. The molecule has 0 bridgehead atoms. The van der Waals surface area contributed by atoms with Crippen molar-refractivity contribution in [1.82, 2.24) is 4.90 Å². The van der Waals surface area contributed by atoms with E-state index in [9.17, 15) is 4.79 Å². The summed E-state index contributed by atoms with van der Waals surface area (Å²) in [7, 11) is 0. The lowest BCUT2D eigenvalue weighted by molar-refractivity contribution is 0.0246. The van der Waals surface area contributed by atoms with E-state index >= 15 is 0 Å². The van der Waals surface area contributed by atoms with Gasteiger partial charge in [-0.05, 0) is 70.2 Å². The molecular weight excluding hydrogens is 348 g/mol. The molecule has 0 radical (unpaired) electrons. The second kappa shape index (κ2) is 8.91. The van der Waals surface area contributed by atoms with Gasteiger partial charge in [0.05, 0.1) is 5.71 Å². The van der Waals surface area contributed by atoms with Crippen molar-refractivity contribution < 1.29 is 9.53 Å². The van der Waals surface area contributed by atoms with Gasteiger partial charge in [-0.1, -0.05) is 23.6 Å². The van der Waals surface area contributed by atoms with Crippen LogP contribution in [-0.4, -0.2) is 35.4 Å². The van der Waals surface area contributed by atoms with Gasteiger partial charge in [-0.15, -0.1) is 0 Å². The highest BCUT2D eigenvalue weighted by atomic mass is 35.5. The van der Waals surface area contributed by atoms with Crippen molar-refractivity contribution >= 4 is 23.4 Å². The zero-order valence-electron chi connectivity index (χ0n) is 15.8. The van der Waals surface area contributed by atoms with E-state index in [1.165, 1.54) is 0 Å². The molecule has 1 aliphatic heterocycles. The van der Waals surface area contributed by atoms with Crippen molar-refractivity contribution in [2.24, 2.45) is 4.99 Å². The third-order valence-corrected chi connectivity index (χ3v) is 3.86. The number of carbonyl (C=O) groups is 1. The molecule has 0 aromatic heterocycles. The summed E-state index contributed by atoms with van der Waals surface area (Å²) in [6.07, 6.45) is 3.38. The summed E-state index contributed by atoms with van der Waals surface area (Å²) >= 11 is 5.95. The van der Waals surface area contributed by atoms with Gasteiger partial charge in [0.15, 0.2) is 0 Å². The van der Waals surface area contributed by atoms with E-state index in [-0.39, 0.29) is 6.09 Å². The highest BCUT2D eigenvalue weighted by molar-refractivity contribution is 6.30. The zero-order valence-corrected chi connectivity index (χ0v) is 16.6. The molecule has 1 aromatic rings. The van der Waals surface area contributed by atoms with E-state index in [4.69, 9.17) is 16.3 Å². The lowest BCUT2D eigenvalue weighted by Gasteiger charge is -2.31. The number of hydrogen-bond acceptors (Lipinski definition) is 3. The molecule has 26 heavy (non-hydrogen) atoms. The first-order valence-electron chi connectivity index (χ1n) is 8.71. The summed E-state index contributed by atoms with van der Waals surface area (Å²) in [5, 5.41) is 0.665. The molecular formula is C21H25ClN2O2. The van der Waals surface area contributed by atoms with E-state index in [1.54, 1.807) is 4.90 Å². The van der Waals surface area contributed by atoms with Gasteiger partial charge in [-0.2, -0.15) is 0 Å². The molecule has 0 spiro atoms. The van der Waals surface area contributed by atoms with Crippen LogP contribution in [-0.2, 0) is 4.74 Å². The van der Waals surface area contributed by atoms with Gasteiger partial charge in [-0.3, -0.25) is 4.99 Å². The van der Waals surface area contributed by atoms with Gasteiger partial charge in [0, 0.05) is 29.9 Å². The Kier molecular flexibility index (Phi) is 6.88. The number of nitrogens with zero attached hydrogens (tertiary/aromatic N) is 2. The van der Waals surface area contributed by atoms with Crippen molar-refractivity contribution in [3.05, 3.63) is 46.6 Å². The first-order chi connectivity index (χ1) is 12.2.